The predicted octanol–water partition coefficient (Wildman–Crippen LogP) is 0.684. The van der Waals surface area contributed by atoms with Crippen molar-refractivity contribution in [3.8, 4) is 5.88 Å². The molecule has 25 heavy (non-hydrogen) atoms. The number of hydrogen-bond acceptors (Lipinski definition) is 5. The maximum atomic E-state index is 12.3. The van der Waals surface area contributed by atoms with Gasteiger partial charge in [0.05, 0.1) is 10.9 Å². The van der Waals surface area contributed by atoms with E-state index in [1.807, 2.05) is 18.2 Å². The minimum absolute atomic E-state index is 0.000622. The van der Waals surface area contributed by atoms with E-state index in [1.165, 1.54) is 5.01 Å². The van der Waals surface area contributed by atoms with Crippen LogP contribution in [0, 0.1) is 5.41 Å². The molecule has 2 aromatic heterocycles. The number of fused-ring (bicyclic) bond motifs is 1. The lowest BCUT2D eigenvalue weighted by Crippen LogP contribution is -2.42. The molecule has 3 heterocycles. The minimum Gasteiger partial charge on any atom is -0.494 e. The first-order chi connectivity index (χ1) is 12.1. The SMILES string of the molecule is N=C1c2c(O)[nH]c(=O)/c(=C/c3ccncc3)c2=NN1c1ccccc1. The first-order valence-electron chi connectivity index (χ1n) is 7.55. The van der Waals surface area contributed by atoms with Gasteiger partial charge in [-0.1, -0.05) is 18.2 Å². The molecule has 7 heteroatoms. The van der Waals surface area contributed by atoms with Gasteiger partial charge in [-0.15, -0.1) is 0 Å². The first kappa shape index (κ1) is 14.8. The summed E-state index contributed by atoms with van der Waals surface area (Å²) in [6.45, 7) is 0. The van der Waals surface area contributed by atoms with Crippen molar-refractivity contribution >= 4 is 17.6 Å². The quantitative estimate of drug-likeness (QED) is 0.642. The Kier molecular flexibility index (Phi) is 3.39. The van der Waals surface area contributed by atoms with E-state index in [9.17, 15) is 9.90 Å². The van der Waals surface area contributed by atoms with Crippen molar-refractivity contribution in [2.45, 2.75) is 0 Å². The molecule has 0 unspecified atom stereocenters. The second kappa shape index (κ2) is 5.72. The highest BCUT2D eigenvalue weighted by Crippen LogP contribution is 2.21. The average molecular weight is 331 g/mol. The largest absolute Gasteiger partial charge is 0.494 e. The molecule has 0 saturated carbocycles. The number of pyridine rings is 2. The molecule has 3 aromatic rings. The monoisotopic (exact) mass is 331 g/mol. The summed E-state index contributed by atoms with van der Waals surface area (Å²) in [5.74, 6) is -0.363. The molecule has 0 bridgehead atoms. The molecule has 0 spiro atoms. The lowest BCUT2D eigenvalue weighted by atomic mass is 10.1. The van der Waals surface area contributed by atoms with Gasteiger partial charge in [0.15, 0.2) is 5.84 Å². The van der Waals surface area contributed by atoms with Crippen LogP contribution in [0.25, 0.3) is 6.08 Å². The summed E-state index contributed by atoms with van der Waals surface area (Å²) in [7, 11) is 0. The van der Waals surface area contributed by atoms with Crippen LogP contribution in [0.5, 0.6) is 5.88 Å². The van der Waals surface area contributed by atoms with Crippen LogP contribution in [-0.2, 0) is 0 Å². The number of benzene rings is 1. The van der Waals surface area contributed by atoms with Crippen molar-refractivity contribution in [2.24, 2.45) is 5.10 Å². The number of aromatic amines is 1. The third-order valence-corrected chi connectivity index (χ3v) is 3.87. The van der Waals surface area contributed by atoms with Crippen molar-refractivity contribution in [3.63, 3.8) is 0 Å². The van der Waals surface area contributed by atoms with Gasteiger partial charge in [0.1, 0.15) is 10.9 Å². The fourth-order valence-electron chi connectivity index (χ4n) is 2.69. The predicted molar refractivity (Wildman–Crippen MR) is 93.1 cm³/mol. The second-order valence-electron chi connectivity index (χ2n) is 5.46. The van der Waals surface area contributed by atoms with Crippen LogP contribution in [-0.4, -0.2) is 20.9 Å². The average Bonchev–Trinajstić information content (AvgIpc) is 2.98. The van der Waals surface area contributed by atoms with Gasteiger partial charge in [0, 0.05) is 12.4 Å². The fourth-order valence-corrected chi connectivity index (χ4v) is 2.69. The molecule has 122 valence electrons. The van der Waals surface area contributed by atoms with Gasteiger partial charge in [-0.2, -0.15) is 5.10 Å². The van der Waals surface area contributed by atoms with Gasteiger partial charge in [0.2, 0.25) is 5.88 Å². The lowest BCUT2D eigenvalue weighted by molar-refractivity contribution is 0.449. The number of nitrogens with zero attached hydrogens (tertiary/aromatic N) is 3. The maximum absolute atomic E-state index is 12.3. The number of H-pyrrole nitrogens is 1. The van der Waals surface area contributed by atoms with E-state index >= 15 is 0 Å². The fraction of sp³-hybridized carbons (Fsp3) is 0. The van der Waals surface area contributed by atoms with E-state index < -0.39 is 5.56 Å². The second-order valence-corrected chi connectivity index (χ2v) is 5.46. The maximum Gasteiger partial charge on any atom is 0.260 e. The van der Waals surface area contributed by atoms with Gasteiger partial charge >= 0.3 is 0 Å². The zero-order valence-electron chi connectivity index (χ0n) is 13.0. The van der Waals surface area contributed by atoms with Gasteiger partial charge in [-0.25, -0.2) is 5.01 Å². The topological polar surface area (TPSA) is 105 Å². The third kappa shape index (κ3) is 2.47. The summed E-state index contributed by atoms with van der Waals surface area (Å²) < 4.78 is 0. The molecule has 1 aromatic carbocycles. The molecule has 1 aliphatic rings. The number of aromatic nitrogens is 2. The standard InChI is InChI=1S/C18H13N5O2/c19-16-14-15(22-23(16)12-4-2-1-3-5-12)13(17(24)21-18(14)25)10-11-6-8-20-9-7-11/h1-10,19,25H,(H,21,24)/b13-10+,19-16?. The smallest absolute Gasteiger partial charge is 0.260 e. The molecule has 0 amide bonds. The zero-order valence-corrected chi connectivity index (χ0v) is 13.0. The molecule has 3 N–H and O–H groups in total. The van der Waals surface area contributed by atoms with Gasteiger partial charge in [0.25, 0.3) is 5.56 Å². The number of amidine groups is 1. The Hall–Kier alpha value is -3.74. The Labute approximate surface area is 141 Å². The van der Waals surface area contributed by atoms with E-state index in [0.29, 0.717) is 5.69 Å². The van der Waals surface area contributed by atoms with Crippen LogP contribution in [0.1, 0.15) is 11.1 Å². The summed E-state index contributed by atoms with van der Waals surface area (Å²) in [4.78, 5) is 18.7. The van der Waals surface area contributed by atoms with Crippen LogP contribution >= 0.6 is 0 Å². The Bertz CT molecular complexity index is 1140. The normalized spacial score (nSPS) is 13.7. The molecule has 0 atom stereocenters. The van der Waals surface area contributed by atoms with Crippen molar-refractivity contribution in [1.82, 2.24) is 9.97 Å². The van der Waals surface area contributed by atoms with Crippen molar-refractivity contribution in [1.29, 1.82) is 5.41 Å². The van der Waals surface area contributed by atoms with E-state index in [2.05, 4.69) is 15.1 Å². The van der Waals surface area contributed by atoms with E-state index in [0.717, 1.165) is 5.56 Å². The van der Waals surface area contributed by atoms with Crippen LogP contribution in [0.3, 0.4) is 0 Å². The van der Waals surface area contributed by atoms with Crippen LogP contribution in [0.2, 0.25) is 0 Å². The van der Waals surface area contributed by atoms with Crippen LogP contribution < -0.4 is 21.1 Å². The highest BCUT2D eigenvalue weighted by atomic mass is 16.3. The number of hydrogen-bond donors (Lipinski definition) is 3. The Morgan fingerprint density at radius 1 is 1.12 bits per heavy atom. The Morgan fingerprint density at radius 2 is 1.84 bits per heavy atom. The highest BCUT2D eigenvalue weighted by molar-refractivity contribution is 6.10. The van der Waals surface area contributed by atoms with E-state index in [4.69, 9.17) is 5.41 Å². The summed E-state index contributed by atoms with van der Waals surface area (Å²) in [6.07, 6.45) is 4.90. The summed E-state index contributed by atoms with van der Waals surface area (Å²) in [5, 5.41) is 24.8. The van der Waals surface area contributed by atoms with Crippen LogP contribution in [0.15, 0.2) is 64.8 Å². The molecule has 0 saturated heterocycles. The van der Waals surface area contributed by atoms with E-state index in [1.54, 1.807) is 42.7 Å². The van der Waals surface area contributed by atoms with Crippen molar-refractivity contribution in [3.05, 3.63) is 86.9 Å². The first-order valence-corrected chi connectivity index (χ1v) is 7.55. The van der Waals surface area contributed by atoms with E-state index in [-0.39, 0.29) is 27.9 Å². The molecule has 0 fully saturated rings. The lowest BCUT2D eigenvalue weighted by Gasteiger charge is -2.13. The molecular formula is C18H13N5O2. The molecule has 0 aliphatic carbocycles. The molecular weight excluding hydrogens is 318 g/mol. The van der Waals surface area contributed by atoms with Gasteiger partial charge in [-0.3, -0.25) is 20.2 Å². The van der Waals surface area contributed by atoms with Gasteiger partial charge in [-0.05, 0) is 35.9 Å². The number of para-hydroxylation sites is 1. The molecule has 0 radical (unpaired) electrons. The number of aromatic hydroxyl groups is 1. The summed E-state index contributed by atoms with van der Waals surface area (Å²) in [5.41, 5.74) is 1.17. The molecule has 4 rings (SSSR count). The Morgan fingerprint density at radius 3 is 2.56 bits per heavy atom. The Balaban J connectivity index is 2.00. The summed E-state index contributed by atoms with van der Waals surface area (Å²) in [6, 6.07) is 12.6. The minimum atomic E-state index is -0.473. The molecule has 7 nitrogen and oxygen atoms in total. The van der Waals surface area contributed by atoms with Crippen LogP contribution in [0.4, 0.5) is 5.69 Å². The third-order valence-electron chi connectivity index (χ3n) is 3.87. The summed E-state index contributed by atoms with van der Waals surface area (Å²) >= 11 is 0. The molecule has 1 aliphatic heterocycles. The number of nitrogens with one attached hydrogen (secondary N) is 2. The zero-order chi connectivity index (χ0) is 17.4. The number of rotatable bonds is 2. The van der Waals surface area contributed by atoms with Gasteiger partial charge < -0.3 is 5.11 Å². The van der Waals surface area contributed by atoms with Crippen molar-refractivity contribution in [2.75, 3.05) is 5.01 Å². The highest BCUT2D eigenvalue weighted by Gasteiger charge is 2.26. The number of anilines is 1. The van der Waals surface area contributed by atoms with Crippen molar-refractivity contribution < 1.29 is 5.11 Å².